The number of hydrogen-bond acceptors (Lipinski definition) is 1. The Morgan fingerprint density at radius 1 is 0.905 bits per heavy atom. The van der Waals surface area contributed by atoms with Crippen LogP contribution in [-0.4, -0.2) is 7.11 Å². The van der Waals surface area contributed by atoms with Crippen molar-refractivity contribution in [1.82, 2.24) is 0 Å². The van der Waals surface area contributed by atoms with Crippen LogP contribution in [0.4, 0.5) is 0 Å². The molecule has 3 aromatic carbocycles. The number of ether oxygens (including phenoxy) is 1. The van der Waals surface area contributed by atoms with Crippen LogP contribution < -0.4 is 4.74 Å². The minimum absolute atomic E-state index is 0.165. The first-order chi connectivity index (χ1) is 10.2. The van der Waals surface area contributed by atoms with Crippen LogP contribution in [0, 0.1) is 6.92 Å². The van der Waals surface area contributed by atoms with Gasteiger partial charge in [-0.3, -0.25) is 0 Å². The minimum Gasteiger partial charge on any atom is -0.497 e. The number of hydrogen-bond donors (Lipinski definition) is 0. The molecule has 0 aromatic heterocycles. The van der Waals surface area contributed by atoms with E-state index in [1.54, 1.807) is 7.11 Å². The van der Waals surface area contributed by atoms with Gasteiger partial charge in [0.05, 0.1) is 12.5 Å². The highest BCUT2D eigenvalue weighted by molar-refractivity contribution is 6.23. The van der Waals surface area contributed by atoms with Gasteiger partial charge in [-0.05, 0) is 46.5 Å². The third-order valence-corrected chi connectivity index (χ3v) is 4.32. The maximum Gasteiger partial charge on any atom is 0.118 e. The van der Waals surface area contributed by atoms with Gasteiger partial charge in [-0.2, -0.15) is 0 Å². The third kappa shape index (κ3) is 2.62. The molecule has 0 aliphatic rings. The van der Waals surface area contributed by atoms with Crippen LogP contribution in [0.3, 0.4) is 0 Å². The summed E-state index contributed by atoms with van der Waals surface area (Å²) in [5.74, 6) is 0.845. The van der Waals surface area contributed by atoms with Crippen molar-refractivity contribution in [1.29, 1.82) is 0 Å². The summed E-state index contributed by atoms with van der Waals surface area (Å²) in [5.41, 5.74) is 3.47. The van der Waals surface area contributed by atoms with Gasteiger partial charge in [-0.15, -0.1) is 11.6 Å². The fourth-order valence-electron chi connectivity index (χ4n) is 2.68. The number of halogens is 1. The van der Waals surface area contributed by atoms with E-state index in [1.165, 1.54) is 21.9 Å². The number of methoxy groups -OCH3 is 1. The predicted molar refractivity (Wildman–Crippen MR) is 89.4 cm³/mol. The quantitative estimate of drug-likeness (QED) is 0.581. The molecule has 0 amide bonds. The van der Waals surface area contributed by atoms with Gasteiger partial charge in [0.25, 0.3) is 0 Å². The number of aryl methyl sites for hydroxylation is 1. The van der Waals surface area contributed by atoms with Crippen molar-refractivity contribution in [3.8, 4) is 5.75 Å². The molecule has 3 aromatic rings. The molecule has 1 nitrogen and oxygen atoms in total. The van der Waals surface area contributed by atoms with Gasteiger partial charge < -0.3 is 4.74 Å². The molecule has 0 heterocycles. The molecule has 0 aliphatic carbocycles. The second-order valence-electron chi connectivity index (χ2n) is 5.15. The first-order valence-electron chi connectivity index (χ1n) is 6.97. The van der Waals surface area contributed by atoms with Crippen molar-refractivity contribution in [3.63, 3.8) is 0 Å². The van der Waals surface area contributed by atoms with Crippen LogP contribution >= 0.6 is 11.6 Å². The summed E-state index contributed by atoms with van der Waals surface area (Å²) in [4.78, 5) is 0. The van der Waals surface area contributed by atoms with Crippen LogP contribution in [0.25, 0.3) is 10.8 Å². The Labute approximate surface area is 130 Å². The minimum atomic E-state index is -0.165. The number of fused-ring (bicyclic) bond motifs is 1. The standard InChI is InChI=1S/C19H17ClO/c1-13-7-8-14-5-3-4-6-17(14)18(13)19(20)15-9-11-16(21-2)12-10-15/h3-12,19H,1-2H3. The van der Waals surface area contributed by atoms with E-state index in [1.807, 2.05) is 24.3 Å². The first-order valence-corrected chi connectivity index (χ1v) is 7.40. The highest BCUT2D eigenvalue weighted by Crippen LogP contribution is 2.36. The number of alkyl halides is 1. The molecule has 0 spiro atoms. The van der Waals surface area contributed by atoms with Gasteiger partial charge in [-0.25, -0.2) is 0 Å². The maximum absolute atomic E-state index is 6.77. The highest BCUT2D eigenvalue weighted by atomic mass is 35.5. The zero-order chi connectivity index (χ0) is 14.8. The molecule has 21 heavy (non-hydrogen) atoms. The van der Waals surface area contributed by atoms with Gasteiger partial charge in [0.2, 0.25) is 0 Å². The van der Waals surface area contributed by atoms with Crippen molar-refractivity contribution in [2.24, 2.45) is 0 Å². The normalized spacial score (nSPS) is 12.3. The third-order valence-electron chi connectivity index (χ3n) is 3.85. The Kier molecular flexibility index (Phi) is 3.85. The lowest BCUT2D eigenvalue weighted by Crippen LogP contribution is -1.98. The van der Waals surface area contributed by atoms with Gasteiger partial charge in [0.15, 0.2) is 0 Å². The fraction of sp³-hybridized carbons (Fsp3) is 0.158. The van der Waals surface area contributed by atoms with Crippen molar-refractivity contribution in [2.45, 2.75) is 12.3 Å². The SMILES string of the molecule is COc1ccc(C(Cl)c2c(C)ccc3ccccc23)cc1. The van der Waals surface area contributed by atoms with Crippen molar-refractivity contribution >= 4 is 22.4 Å². The van der Waals surface area contributed by atoms with E-state index in [0.717, 1.165) is 11.3 Å². The largest absolute Gasteiger partial charge is 0.497 e. The van der Waals surface area contributed by atoms with Crippen LogP contribution in [-0.2, 0) is 0 Å². The summed E-state index contributed by atoms with van der Waals surface area (Å²) in [5, 5.41) is 2.27. The highest BCUT2D eigenvalue weighted by Gasteiger charge is 2.16. The summed E-state index contributed by atoms with van der Waals surface area (Å²) in [6.07, 6.45) is 0. The fourth-order valence-corrected chi connectivity index (χ4v) is 3.12. The summed E-state index contributed by atoms with van der Waals surface area (Å²) < 4.78 is 5.21. The molecule has 0 saturated heterocycles. The second kappa shape index (κ2) is 5.79. The summed E-state index contributed by atoms with van der Waals surface area (Å²) >= 11 is 6.77. The van der Waals surface area contributed by atoms with E-state index in [9.17, 15) is 0 Å². The topological polar surface area (TPSA) is 9.23 Å². The molecule has 0 fully saturated rings. The Bertz CT molecular complexity index is 762. The molecule has 106 valence electrons. The molecular weight excluding hydrogens is 280 g/mol. The predicted octanol–water partition coefficient (Wildman–Crippen LogP) is 5.49. The van der Waals surface area contributed by atoms with E-state index < -0.39 is 0 Å². The monoisotopic (exact) mass is 296 g/mol. The average Bonchev–Trinajstić information content (AvgIpc) is 2.54. The Morgan fingerprint density at radius 3 is 2.33 bits per heavy atom. The second-order valence-corrected chi connectivity index (χ2v) is 5.59. The van der Waals surface area contributed by atoms with Crippen molar-refractivity contribution in [2.75, 3.05) is 7.11 Å². The molecule has 0 aliphatic heterocycles. The summed E-state index contributed by atoms with van der Waals surface area (Å²) in [6.45, 7) is 2.11. The zero-order valence-electron chi connectivity index (χ0n) is 12.1. The molecule has 0 radical (unpaired) electrons. The molecule has 1 unspecified atom stereocenters. The summed E-state index contributed by atoms with van der Waals surface area (Å²) in [7, 11) is 1.67. The Balaban J connectivity index is 2.12. The average molecular weight is 297 g/mol. The molecule has 2 heteroatoms. The van der Waals surface area contributed by atoms with Crippen molar-refractivity contribution < 1.29 is 4.74 Å². The van der Waals surface area contributed by atoms with E-state index in [2.05, 4.69) is 43.3 Å². The smallest absolute Gasteiger partial charge is 0.118 e. The molecule has 3 rings (SSSR count). The molecule has 0 saturated carbocycles. The molecule has 0 bridgehead atoms. The maximum atomic E-state index is 6.77. The lowest BCUT2D eigenvalue weighted by molar-refractivity contribution is 0.414. The van der Waals surface area contributed by atoms with E-state index >= 15 is 0 Å². The Hall–Kier alpha value is -1.99. The van der Waals surface area contributed by atoms with Crippen LogP contribution in [0.5, 0.6) is 5.75 Å². The number of rotatable bonds is 3. The van der Waals surface area contributed by atoms with Gasteiger partial charge in [-0.1, -0.05) is 48.5 Å². The molecular formula is C19H17ClO. The van der Waals surface area contributed by atoms with Gasteiger partial charge in [0.1, 0.15) is 5.75 Å². The number of benzene rings is 3. The molecule has 1 atom stereocenters. The van der Waals surface area contributed by atoms with Gasteiger partial charge >= 0.3 is 0 Å². The zero-order valence-corrected chi connectivity index (χ0v) is 12.9. The Morgan fingerprint density at radius 2 is 1.62 bits per heavy atom. The van der Waals surface area contributed by atoms with Crippen LogP contribution in [0.2, 0.25) is 0 Å². The van der Waals surface area contributed by atoms with E-state index in [-0.39, 0.29) is 5.38 Å². The summed E-state index contributed by atoms with van der Waals surface area (Å²) in [6, 6.07) is 20.6. The van der Waals surface area contributed by atoms with Gasteiger partial charge in [0, 0.05) is 0 Å². The van der Waals surface area contributed by atoms with Crippen LogP contribution in [0.15, 0.2) is 60.7 Å². The molecule has 0 N–H and O–H groups in total. The van der Waals surface area contributed by atoms with E-state index in [0.29, 0.717) is 0 Å². The first kappa shape index (κ1) is 14.0. The lowest BCUT2D eigenvalue weighted by Gasteiger charge is -2.16. The van der Waals surface area contributed by atoms with Crippen molar-refractivity contribution in [3.05, 3.63) is 77.4 Å². The van der Waals surface area contributed by atoms with E-state index in [4.69, 9.17) is 16.3 Å². The van der Waals surface area contributed by atoms with Crippen LogP contribution in [0.1, 0.15) is 22.1 Å². The lowest BCUT2D eigenvalue weighted by atomic mass is 9.94.